The van der Waals surface area contributed by atoms with Gasteiger partial charge in [0.15, 0.2) is 5.78 Å². The van der Waals surface area contributed by atoms with Gasteiger partial charge in [0, 0.05) is 27.8 Å². The predicted molar refractivity (Wildman–Crippen MR) is 98.4 cm³/mol. The smallest absolute Gasteiger partial charge is 0.155 e. The van der Waals surface area contributed by atoms with Gasteiger partial charge in [-0.1, -0.05) is 18.4 Å². The molecule has 0 bridgehead atoms. The zero-order chi connectivity index (χ0) is 16.9. The molecule has 3 saturated carbocycles. The normalized spacial score (nSPS) is 47.0. The van der Waals surface area contributed by atoms with Crippen molar-refractivity contribution >= 4 is 21.7 Å². The van der Waals surface area contributed by atoms with Crippen LogP contribution in [0.1, 0.15) is 64.7 Å². The molecular formula is C21H27BrO2. The first-order chi connectivity index (χ1) is 11.5. The number of hydrogen-bond donors (Lipinski definition) is 1. The number of carbonyl (C=O) groups excluding carboxylic acids is 1. The molecule has 24 heavy (non-hydrogen) atoms. The zero-order valence-corrected chi connectivity index (χ0v) is 16.1. The molecule has 0 radical (unpaired) electrons. The molecule has 0 unspecified atom stereocenters. The van der Waals surface area contributed by atoms with Gasteiger partial charge >= 0.3 is 0 Å². The largest absolute Gasteiger partial charge is 0.377 e. The first-order valence-corrected chi connectivity index (χ1v) is 10.4. The molecule has 0 aromatic heterocycles. The molecule has 4 rings (SSSR count). The van der Waals surface area contributed by atoms with E-state index in [1.54, 1.807) is 0 Å². The van der Waals surface area contributed by atoms with Gasteiger partial charge in [0.2, 0.25) is 0 Å². The maximum absolute atomic E-state index is 11.8. The van der Waals surface area contributed by atoms with Crippen molar-refractivity contribution in [3.8, 4) is 10.8 Å². The van der Waals surface area contributed by atoms with Gasteiger partial charge in [-0.2, -0.15) is 0 Å². The van der Waals surface area contributed by atoms with E-state index in [0.717, 1.165) is 50.9 Å². The maximum atomic E-state index is 11.8. The van der Waals surface area contributed by atoms with E-state index in [2.05, 4.69) is 33.6 Å². The quantitative estimate of drug-likeness (QED) is 0.663. The summed E-state index contributed by atoms with van der Waals surface area (Å²) in [5.74, 6) is 6.13. The lowest BCUT2D eigenvalue weighted by Gasteiger charge is -2.55. The van der Waals surface area contributed by atoms with Crippen molar-refractivity contribution in [1.29, 1.82) is 0 Å². The van der Waals surface area contributed by atoms with Gasteiger partial charge in [0.05, 0.1) is 0 Å². The van der Waals surface area contributed by atoms with Crippen molar-refractivity contribution in [2.75, 3.05) is 0 Å². The van der Waals surface area contributed by atoms with Gasteiger partial charge in [-0.3, -0.25) is 4.79 Å². The topological polar surface area (TPSA) is 37.3 Å². The summed E-state index contributed by atoms with van der Waals surface area (Å²) in [6.45, 7) is 2.24. The molecule has 0 spiro atoms. The number of allylic oxidation sites excluding steroid dienone is 1. The Kier molecular flexibility index (Phi) is 4.21. The molecule has 3 heteroatoms. The molecular weight excluding hydrogens is 364 g/mol. The molecule has 1 N–H and O–H groups in total. The minimum absolute atomic E-state index is 0.0271. The third-order valence-corrected chi connectivity index (χ3v) is 8.23. The number of hydrogen-bond acceptors (Lipinski definition) is 2. The summed E-state index contributed by atoms with van der Waals surface area (Å²) in [7, 11) is 0. The van der Waals surface area contributed by atoms with Crippen molar-refractivity contribution in [1.82, 2.24) is 0 Å². The molecule has 0 aliphatic heterocycles. The average Bonchev–Trinajstić information content (AvgIpc) is 2.88. The maximum Gasteiger partial charge on any atom is 0.155 e. The summed E-state index contributed by atoms with van der Waals surface area (Å²) in [4.78, 5) is 14.6. The van der Waals surface area contributed by atoms with Gasteiger partial charge in [-0.15, -0.1) is 0 Å². The number of rotatable bonds is 1. The molecule has 0 saturated heterocycles. The second-order valence-corrected chi connectivity index (χ2v) is 8.87. The molecule has 130 valence electrons. The molecule has 0 aromatic carbocycles. The van der Waals surface area contributed by atoms with E-state index in [-0.39, 0.29) is 5.41 Å². The van der Waals surface area contributed by atoms with Crippen LogP contribution in [0.4, 0.5) is 0 Å². The lowest BCUT2D eigenvalue weighted by Crippen LogP contribution is -2.53. The van der Waals surface area contributed by atoms with E-state index < -0.39 is 5.60 Å². The van der Waals surface area contributed by atoms with Crippen LogP contribution < -0.4 is 0 Å². The number of halogens is 1. The molecule has 0 aromatic rings. The van der Waals surface area contributed by atoms with Crippen LogP contribution in [-0.4, -0.2) is 16.5 Å². The highest BCUT2D eigenvalue weighted by Gasteiger charge is 2.63. The van der Waals surface area contributed by atoms with E-state index in [1.807, 2.05) is 6.08 Å². The van der Waals surface area contributed by atoms with E-state index in [1.165, 1.54) is 18.4 Å². The van der Waals surface area contributed by atoms with Gasteiger partial charge in [0.25, 0.3) is 0 Å². The zero-order valence-electron chi connectivity index (χ0n) is 14.5. The van der Waals surface area contributed by atoms with Crippen LogP contribution >= 0.6 is 15.9 Å². The van der Waals surface area contributed by atoms with Crippen LogP contribution in [0.2, 0.25) is 0 Å². The Labute approximate surface area is 153 Å². The molecule has 6 atom stereocenters. The van der Waals surface area contributed by atoms with E-state index >= 15 is 0 Å². The van der Waals surface area contributed by atoms with Gasteiger partial charge in [-0.25, -0.2) is 0 Å². The molecule has 2 nitrogen and oxygen atoms in total. The molecule has 0 heterocycles. The first kappa shape index (κ1) is 16.9. The predicted octanol–water partition coefficient (Wildman–Crippen LogP) is 4.61. The second kappa shape index (κ2) is 5.99. The fourth-order valence-corrected chi connectivity index (χ4v) is 7.34. The van der Waals surface area contributed by atoms with Crippen LogP contribution in [0.25, 0.3) is 0 Å². The van der Waals surface area contributed by atoms with Crippen molar-refractivity contribution in [3.63, 3.8) is 0 Å². The standard InChI is InChI=1S/C21H27BrO2/c1-2-20-9-7-17-16-6-4-15(23)13-14(16)3-5-18(17)19(20)8-10-21(20,24)11-12-22/h13,16-19,24H,2-10H2,1H3/t16-,17+,18+,19-,20-,21+/m0/s1. The van der Waals surface area contributed by atoms with Crippen molar-refractivity contribution < 1.29 is 9.90 Å². The number of aliphatic hydroxyl groups is 1. The van der Waals surface area contributed by atoms with E-state index in [9.17, 15) is 9.90 Å². The van der Waals surface area contributed by atoms with Gasteiger partial charge in [0.1, 0.15) is 5.60 Å². The Morgan fingerprint density at radius 1 is 1.21 bits per heavy atom. The van der Waals surface area contributed by atoms with Crippen molar-refractivity contribution in [2.45, 2.75) is 70.3 Å². The molecule has 4 aliphatic carbocycles. The molecule has 3 fully saturated rings. The Balaban J connectivity index is 1.67. The number of carbonyl (C=O) groups is 1. The second-order valence-electron chi connectivity index (χ2n) is 8.47. The first-order valence-electron chi connectivity index (χ1n) is 9.63. The van der Waals surface area contributed by atoms with Crippen LogP contribution in [0.3, 0.4) is 0 Å². The lowest BCUT2D eigenvalue weighted by molar-refractivity contribution is -0.117. The van der Waals surface area contributed by atoms with Crippen LogP contribution in [0.5, 0.6) is 0 Å². The highest BCUT2D eigenvalue weighted by Crippen LogP contribution is 2.66. The summed E-state index contributed by atoms with van der Waals surface area (Å²) < 4.78 is 0. The third kappa shape index (κ3) is 2.22. The fraction of sp³-hybridized carbons (Fsp3) is 0.762. The summed E-state index contributed by atoms with van der Waals surface area (Å²) in [5.41, 5.74) is 0.588. The molecule has 0 amide bonds. The Morgan fingerprint density at radius 3 is 2.79 bits per heavy atom. The fourth-order valence-electron chi connectivity index (χ4n) is 7.01. The van der Waals surface area contributed by atoms with Crippen LogP contribution in [0.15, 0.2) is 11.6 Å². The van der Waals surface area contributed by atoms with Crippen molar-refractivity contribution in [3.05, 3.63) is 11.6 Å². The highest BCUT2D eigenvalue weighted by molar-refractivity contribution is 9.12. The Bertz CT molecular complexity index is 642. The van der Waals surface area contributed by atoms with Crippen LogP contribution in [-0.2, 0) is 4.79 Å². The van der Waals surface area contributed by atoms with Crippen molar-refractivity contribution in [2.24, 2.45) is 29.1 Å². The van der Waals surface area contributed by atoms with Gasteiger partial charge < -0.3 is 5.11 Å². The lowest BCUT2D eigenvalue weighted by atomic mass is 9.49. The monoisotopic (exact) mass is 390 g/mol. The summed E-state index contributed by atoms with van der Waals surface area (Å²) >= 11 is 3.22. The SMILES string of the molecule is CC[C@]12CC[C@H]3[C@@H](CCC4=CC(=O)CC[C@@H]43)[C@@H]1CC[C@@]2(O)C#CBr. The van der Waals surface area contributed by atoms with Crippen LogP contribution in [0, 0.1) is 39.8 Å². The minimum atomic E-state index is -0.820. The van der Waals surface area contributed by atoms with Gasteiger partial charge in [-0.05, 0) is 85.9 Å². The summed E-state index contributed by atoms with van der Waals surface area (Å²) in [6, 6.07) is 0. The number of fused-ring (bicyclic) bond motifs is 5. The average molecular weight is 391 g/mol. The molecule has 4 aliphatic rings. The van der Waals surface area contributed by atoms with E-state index in [4.69, 9.17) is 0 Å². The van der Waals surface area contributed by atoms with E-state index in [0.29, 0.717) is 23.5 Å². The number of ketones is 1. The third-order valence-electron chi connectivity index (χ3n) is 8.03. The Morgan fingerprint density at radius 2 is 2.04 bits per heavy atom. The minimum Gasteiger partial charge on any atom is -0.377 e. The highest BCUT2D eigenvalue weighted by atomic mass is 79.9. The Hall–Kier alpha value is -0.590. The summed E-state index contributed by atoms with van der Waals surface area (Å²) in [6.07, 6.45) is 11.3. The summed E-state index contributed by atoms with van der Waals surface area (Å²) in [5, 5.41) is 11.3.